The molecule has 2 unspecified atom stereocenters. The summed E-state index contributed by atoms with van der Waals surface area (Å²) in [6.45, 7) is 4.58. The van der Waals surface area contributed by atoms with E-state index in [0.717, 1.165) is 68.2 Å². The first kappa shape index (κ1) is 28.6. The molecule has 0 heterocycles. The lowest BCUT2D eigenvalue weighted by molar-refractivity contribution is -0.159. The van der Waals surface area contributed by atoms with Crippen LogP contribution >= 0.6 is 0 Å². The fraction of sp³-hybridized carbons (Fsp3) is 0.618. The molecular formula is C34H47FO3. The summed E-state index contributed by atoms with van der Waals surface area (Å²) in [7, 11) is 0. The van der Waals surface area contributed by atoms with Crippen LogP contribution in [0, 0.1) is 22.6 Å². The third kappa shape index (κ3) is 6.98. The smallest absolute Gasteiger partial charge is 0.309 e. The topological polar surface area (TPSA) is 46.5 Å². The lowest BCUT2D eigenvalue weighted by atomic mass is 9.52. The van der Waals surface area contributed by atoms with Crippen LogP contribution < -0.4 is 4.74 Å². The van der Waals surface area contributed by atoms with Crippen molar-refractivity contribution in [3.05, 3.63) is 54.3 Å². The van der Waals surface area contributed by atoms with E-state index in [1.54, 1.807) is 12.1 Å². The summed E-state index contributed by atoms with van der Waals surface area (Å²) >= 11 is 0. The highest BCUT2D eigenvalue weighted by Crippen LogP contribution is 2.59. The third-order valence-corrected chi connectivity index (χ3v) is 9.75. The number of hydrogen-bond donors (Lipinski definition) is 1. The van der Waals surface area contributed by atoms with Gasteiger partial charge in [-0.25, -0.2) is 4.39 Å². The van der Waals surface area contributed by atoms with Crippen LogP contribution in [0.3, 0.4) is 0 Å². The largest absolute Gasteiger partial charge is 0.490 e. The predicted molar refractivity (Wildman–Crippen MR) is 153 cm³/mol. The summed E-state index contributed by atoms with van der Waals surface area (Å²) in [5.74, 6) is 0.454. The third-order valence-electron chi connectivity index (χ3n) is 9.75. The van der Waals surface area contributed by atoms with Crippen molar-refractivity contribution in [1.82, 2.24) is 0 Å². The van der Waals surface area contributed by atoms with Crippen molar-refractivity contribution in [2.45, 2.75) is 116 Å². The van der Waals surface area contributed by atoms with Crippen LogP contribution in [-0.4, -0.2) is 17.2 Å². The van der Waals surface area contributed by atoms with Gasteiger partial charge in [-0.2, -0.15) is 0 Å². The van der Waals surface area contributed by atoms with Gasteiger partial charge in [-0.15, -0.1) is 0 Å². The molecule has 0 spiro atoms. The number of para-hydroxylation sites is 1. The van der Waals surface area contributed by atoms with Crippen LogP contribution in [0.1, 0.15) is 110 Å². The zero-order chi connectivity index (χ0) is 27.0. The maximum absolute atomic E-state index is 14.0. The first-order valence-corrected chi connectivity index (χ1v) is 15.1. The van der Waals surface area contributed by atoms with Crippen molar-refractivity contribution in [1.29, 1.82) is 0 Å². The van der Waals surface area contributed by atoms with E-state index in [9.17, 15) is 14.3 Å². The molecule has 2 atom stereocenters. The first-order chi connectivity index (χ1) is 18.4. The molecule has 0 amide bonds. The number of carboxylic acids is 1. The van der Waals surface area contributed by atoms with Crippen molar-refractivity contribution in [2.75, 3.05) is 0 Å². The van der Waals surface area contributed by atoms with Gasteiger partial charge < -0.3 is 9.84 Å². The van der Waals surface area contributed by atoms with Gasteiger partial charge in [0.05, 0.1) is 5.41 Å². The average Bonchev–Trinajstić information content (AvgIpc) is 2.93. The number of halogens is 1. The number of ether oxygens (including phenoxy) is 1. The summed E-state index contributed by atoms with van der Waals surface area (Å²) < 4.78 is 20.8. The predicted octanol–water partition coefficient (Wildman–Crippen LogP) is 9.83. The zero-order valence-electron chi connectivity index (χ0n) is 23.5. The van der Waals surface area contributed by atoms with Gasteiger partial charge >= 0.3 is 5.97 Å². The monoisotopic (exact) mass is 522 g/mol. The fourth-order valence-corrected chi connectivity index (χ4v) is 6.98. The highest BCUT2D eigenvalue weighted by atomic mass is 19.1. The minimum atomic E-state index is -0.572. The molecule has 3 fully saturated rings. The molecule has 5 rings (SSSR count). The van der Waals surface area contributed by atoms with Gasteiger partial charge in [0.1, 0.15) is 17.7 Å². The lowest BCUT2D eigenvalue weighted by Crippen LogP contribution is -2.45. The van der Waals surface area contributed by atoms with E-state index in [-0.39, 0.29) is 11.9 Å². The van der Waals surface area contributed by atoms with Crippen LogP contribution in [0.15, 0.2) is 48.5 Å². The number of unbranched alkanes of at least 4 members (excludes halogenated alkanes) is 4. The highest BCUT2D eigenvalue weighted by molar-refractivity contribution is 5.75. The van der Waals surface area contributed by atoms with Gasteiger partial charge in [-0.05, 0) is 99.3 Å². The Labute approximate surface area is 229 Å². The van der Waals surface area contributed by atoms with E-state index in [1.807, 2.05) is 30.3 Å². The zero-order valence-corrected chi connectivity index (χ0v) is 23.5. The molecule has 3 nitrogen and oxygen atoms in total. The van der Waals surface area contributed by atoms with Crippen molar-refractivity contribution >= 4 is 5.97 Å². The summed E-state index contributed by atoms with van der Waals surface area (Å²) in [5, 5.41) is 9.72. The molecule has 0 aliphatic heterocycles. The normalized spacial score (nSPS) is 24.2. The van der Waals surface area contributed by atoms with Crippen LogP contribution in [0.2, 0.25) is 0 Å². The van der Waals surface area contributed by atoms with Crippen molar-refractivity contribution < 1.29 is 19.0 Å². The Kier molecular flexibility index (Phi) is 9.90. The maximum atomic E-state index is 14.0. The van der Waals surface area contributed by atoms with Crippen LogP contribution in [0.4, 0.5) is 4.39 Å². The Hall–Kier alpha value is -2.36. The van der Waals surface area contributed by atoms with Crippen molar-refractivity contribution in [3.63, 3.8) is 0 Å². The molecule has 3 saturated carbocycles. The molecule has 2 bridgehead atoms. The van der Waals surface area contributed by atoms with Gasteiger partial charge in [-0.3, -0.25) is 4.79 Å². The highest BCUT2D eigenvalue weighted by Gasteiger charge is 2.52. The number of carboxylic acid groups (broad SMARTS) is 1. The van der Waals surface area contributed by atoms with E-state index < -0.39 is 11.4 Å². The molecule has 3 aliphatic rings. The second-order valence-corrected chi connectivity index (χ2v) is 12.3. The SMILES string of the molecule is CCCCCCCC(Oc1ccccc1-c1cccc(F)c1)C(C)CCCC12CCC(C(=O)O)(CC1)CC2. The van der Waals surface area contributed by atoms with E-state index in [1.165, 1.54) is 51.0 Å². The second kappa shape index (κ2) is 13.1. The molecule has 2 aromatic rings. The van der Waals surface area contributed by atoms with Gasteiger partial charge in [-0.1, -0.05) is 76.3 Å². The van der Waals surface area contributed by atoms with Crippen molar-refractivity contribution in [2.24, 2.45) is 16.7 Å². The van der Waals surface area contributed by atoms with Gasteiger partial charge in [0.2, 0.25) is 0 Å². The molecule has 1 N–H and O–H groups in total. The van der Waals surface area contributed by atoms with Gasteiger partial charge in [0, 0.05) is 5.56 Å². The van der Waals surface area contributed by atoms with E-state index in [2.05, 4.69) is 13.8 Å². The number of hydrogen-bond acceptors (Lipinski definition) is 2. The summed E-state index contributed by atoms with van der Waals surface area (Å²) in [6, 6.07) is 14.8. The van der Waals surface area contributed by atoms with Crippen LogP contribution in [-0.2, 0) is 4.79 Å². The Morgan fingerprint density at radius 1 is 0.921 bits per heavy atom. The van der Waals surface area contributed by atoms with E-state index in [4.69, 9.17) is 4.74 Å². The van der Waals surface area contributed by atoms with Crippen LogP contribution in [0.5, 0.6) is 5.75 Å². The number of fused-ring (bicyclic) bond motifs is 3. The Morgan fingerprint density at radius 2 is 1.63 bits per heavy atom. The molecule has 0 saturated heterocycles. The molecule has 208 valence electrons. The Balaban J connectivity index is 1.39. The average molecular weight is 523 g/mol. The minimum absolute atomic E-state index is 0.126. The summed E-state index contributed by atoms with van der Waals surface area (Å²) in [5.41, 5.74) is 1.72. The van der Waals surface area contributed by atoms with E-state index >= 15 is 0 Å². The minimum Gasteiger partial charge on any atom is -0.490 e. The first-order valence-electron chi connectivity index (χ1n) is 15.1. The summed E-state index contributed by atoms with van der Waals surface area (Å²) in [6.07, 6.45) is 16.7. The molecule has 0 radical (unpaired) electrons. The number of rotatable bonds is 15. The maximum Gasteiger partial charge on any atom is 0.309 e. The van der Waals surface area contributed by atoms with Crippen molar-refractivity contribution in [3.8, 4) is 16.9 Å². The quantitative estimate of drug-likeness (QED) is 0.237. The summed E-state index contributed by atoms with van der Waals surface area (Å²) in [4.78, 5) is 11.8. The molecule has 3 aliphatic carbocycles. The second-order valence-electron chi connectivity index (χ2n) is 12.3. The standard InChI is InChI=1S/C34H47FO3/c1-3-4-5-6-7-16-30(38-31-17-9-8-15-29(31)27-13-10-14-28(35)25-27)26(2)12-11-18-33-19-22-34(23-20-33,24-21-33)32(36)37/h8-10,13-15,17,25-26,30H,3-7,11-12,16,18-24H2,1-2H3,(H,36,37). The van der Waals surface area contributed by atoms with Gasteiger partial charge in [0.25, 0.3) is 0 Å². The fourth-order valence-electron chi connectivity index (χ4n) is 6.98. The number of carbonyl (C=O) groups is 1. The molecule has 38 heavy (non-hydrogen) atoms. The lowest BCUT2D eigenvalue weighted by Gasteiger charge is -2.51. The van der Waals surface area contributed by atoms with E-state index in [0.29, 0.717) is 11.3 Å². The molecule has 0 aromatic heterocycles. The van der Waals surface area contributed by atoms with Gasteiger partial charge in [0.15, 0.2) is 0 Å². The number of benzene rings is 2. The Bertz CT molecular complexity index is 1020. The number of aliphatic carboxylic acids is 1. The Morgan fingerprint density at radius 3 is 2.32 bits per heavy atom. The molecular weight excluding hydrogens is 475 g/mol. The van der Waals surface area contributed by atoms with Crippen LogP contribution in [0.25, 0.3) is 11.1 Å². The molecule has 2 aromatic carbocycles. The molecule has 4 heteroatoms.